The lowest BCUT2D eigenvalue weighted by Gasteiger charge is -2.23. The first-order valence-electron chi connectivity index (χ1n) is 5.12. The van der Waals surface area contributed by atoms with Crippen molar-refractivity contribution in [2.24, 2.45) is 11.8 Å². The molecule has 1 atom stereocenters. The zero-order chi connectivity index (χ0) is 8.10. The van der Waals surface area contributed by atoms with Gasteiger partial charge in [-0.3, -0.25) is 0 Å². The molecule has 1 aliphatic rings. The average Bonchev–Trinajstić information content (AvgIpc) is 2.06. The van der Waals surface area contributed by atoms with Crippen molar-refractivity contribution in [3.05, 3.63) is 6.92 Å². The highest BCUT2D eigenvalue weighted by Crippen LogP contribution is 2.29. The Balaban J connectivity index is 2.13. The third-order valence-electron chi connectivity index (χ3n) is 2.95. The van der Waals surface area contributed by atoms with Crippen LogP contribution in [0.1, 0.15) is 51.9 Å². The van der Waals surface area contributed by atoms with Gasteiger partial charge in [0.1, 0.15) is 0 Å². The van der Waals surface area contributed by atoms with Crippen LogP contribution in [-0.2, 0) is 0 Å². The van der Waals surface area contributed by atoms with E-state index in [9.17, 15) is 0 Å². The molecular formula is C11H21. The molecular weight excluding hydrogens is 132 g/mol. The molecule has 65 valence electrons. The highest BCUT2D eigenvalue weighted by molar-refractivity contribution is 4.68. The van der Waals surface area contributed by atoms with Gasteiger partial charge in [-0.15, -0.1) is 0 Å². The topological polar surface area (TPSA) is 0 Å². The summed E-state index contributed by atoms with van der Waals surface area (Å²) in [5.41, 5.74) is 0. The lowest BCUT2D eigenvalue weighted by molar-refractivity contribution is 0.297. The number of rotatable bonds is 3. The second-order valence-corrected chi connectivity index (χ2v) is 4.13. The molecule has 1 unspecified atom stereocenters. The highest BCUT2D eigenvalue weighted by Gasteiger charge is 2.15. The van der Waals surface area contributed by atoms with E-state index in [1.54, 1.807) is 0 Å². The molecule has 0 heteroatoms. The number of hydrogen-bond donors (Lipinski definition) is 0. The van der Waals surface area contributed by atoms with Crippen LogP contribution in [0, 0.1) is 18.8 Å². The molecule has 0 aromatic rings. The normalized spacial score (nSPS) is 23.5. The van der Waals surface area contributed by atoms with Crippen LogP contribution in [-0.4, -0.2) is 0 Å². The van der Waals surface area contributed by atoms with Crippen LogP contribution in [0.5, 0.6) is 0 Å². The smallest absolute Gasteiger partial charge is 0.0412 e. The Bertz CT molecular complexity index is 90.2. The molecule has 0 saturated heterocycles. The summed E-state index contributed by atoms with van der Waals surface area (Å²) in [6.07, 6.45) is 9.98. The average molecular weight is 153 g/mol. The van der Waals surface area contributed by atoms with Crippen molar-refractivity contribution in [3.63, 3.8) is 0 Å². The SMILES string of the molecule is [CH2]CC(C)CC1CCCCC1. The molecule has 1 saturated carbocycles. The summed E-state index contributed by atoms with van der Waals surface area (Å²) >= 11 is 0. The van der Waals surface area contributed by atoms with Crippen LogP contribution in [0.4, 0.5) is 0 Å². The van der Waals surface area contributed by atoms with E-state index in [1.807, 2.05) is 0 Å². The Hall–Kier alpha value is 0. The minimum Gasteiger partial charge on any atom is -0.0625 e. The fraction of sp³-hybridized carbons (Fsp3) is 0.909. The second kappa shape index (κ2) is 4.79. The minimum atomic E-state index is 0.859. The van der Waals surface area contributed by atoms with Gasteiger partial charge in [-0.1, -0.05) is 52.4 Å². The van der Waals surface area contributed by atoms with E-state index in [4.69, 9.17) is 0 Å². The van der Waals surface area contributed by atoms with Crippen LogP contribution < -0.4 is 0 Å². The third-order valence-corrected chi connectivity index (χ3v) is 2.95. The molecule has 1 aliphatic carbocycles. The molecule has 11 heavy (non-hydrogen) atoms. The van der Waals surface area contributed by atoms with E-state index in [0.717, 1.165) is 18.3 Å². The molecule has 0 bridgehead atoms. The summed E-state index contributed by atoms with van der Waals surface area (Å²) in [5.74, 6) is 1.90. The molecule has 0 aromatic heterocycles. The predicted molar refractivity (Wildman–Crippen MR) is 50.3 cm³/mol. The molecule has 0 amide bonds. The summed E-state index contributed by atoms with van der Waals surface area (Å²) in [6.45, 7) is 6.29. The van der Waals surface area contributed by atoms with Crippen LogP contribution in [0.3, 0.4) is 0 Å². The second-order valence-electron chi connectivity index (χ2n) is 4.13. The van der Waals surface area contributed by atoms with Crippen molar-refractivity contribution < 1.29 is 0 Å². The van der Waals surface area contributed by atoms with Gasteiger partial charge in [-0.2, -0.15) is 0 Å². The van der Waals surface area contributed by atoms with E-state index in [-0.39, 0.29) is 0 Å². The summed E-state index contributed by atoms with van der Waals surface area (Å²) in [5, 5.41) is 0. The quantitative estimate of drug-likeness (QED) is 0.578. The fourth-order valence-electron chi connectivity index (χ4n) is 2.11. The maximum absolute atomic E-state index is 3.95. The maximum atomic E-state index is 3.95. The molecule has 1 rings (SSSR count). The minimum absolute atomic E-state index is 0.859. The first-order chi connectivity index (χ1) is 5.33. The van der Waals surface area contributed by atoms with E-state index < -0.39 is 0 Å². The van der Waals surface area contributed by atoms with Gasteiger partial charge in [0.2, 0.25) is 0 Å². The van der Waals surface area contributed by atoms with Gasteiger partial charge in [-0.25, -0.2) is 0 Å². The van der Waals surface area contributed by atoms with E-state index in [2.05, 4.69) is 13.8 Å². The Labute approximate surface area is 71.4 Å². The summed E-state index contributed by atoms with van der Waals surface area (Å²) < 4.78 is 0. The van der Waals surface area contributed by atoms with Crippen LogP contribution in [0.15, 0.2) is 0 Å². The summed E-state index contributed by atoms with van der Waals surface area (Å²) in [6, 6.07) is 0. The largest absolute Gasteiger partial charge is 0.0625 e. The molecule has 1 radical (unpaired) electrons. The van der Waals surface area contributed by atoms with Gasteiger partial charge in [0.15, 0.2) is 0 Å². The van der Waals surface area contributed by atoms with E-state index in [0.29, 0.717) is 0 Å². The Morgan fingerprint density at radius 2 is 1.91 bits per heavy atom. The molecule has 0 spiro atoms. The summed E-state index contributed by atoms with van der Waals surface area (Å²) in [7, 11) is 0. The first kappa shape index (κ1) is 9.09. The van der Waals surface area contributed by atoms with E-state index in [1.165, 1.54) is 38.5 Å². The molecule has 0 aliphatic heterocycles. The maximum Gasteiger partial charge on any atom is -0.0412 e. The Morgan fingerprint density at radius 1 is 1.27 bits per heavy atom. The highest BCUT2D eigenvalue weighted by atomic mass is 14.2. The van der Waals surface area contributed by atoms with Crippen molar-refractivity contribution >= 4 is 0 Å². The van der Waals surface area contributed by atoms with Gasteiger partial charge >= 0.3 is 0 Å². The molecule has 0 nitrogen and oxygen atoms in total. The predicted octanol–water partition coefficient (Wildman–Crippen LogP) is 3.82. The molecule has 1 fully saturated rings. The van der Waals surface area contributed by atoms with Crippen molar-refractivity contribution in [2.75, 3.05) is 0 Å². The van der Waals surface area contributed by atoms with Gasteiger partial charge in [0, 0.05) is 0 Å². The van der Waals surface area contributed by atoms with E-state index >= 15 is 0 Å². The Kier molecular flexibility index (Phi) is 3.96. The monoisotopic (exact) mass is 153 g/mol. The van der Waals surface area contributed by atoms with Crippen LogP contribution >= 0.6 is 0 Å². The van der Waals surface area contributed by atoms with Crippen molar-refractivity contribution in [1.82, 2.24) is 0 Å². The molecule has 0 aromatic carbocycles. The molecule has 0 heterocycles. The van der Waals surface area contributed by atoms with Crippen molar-refractivity contribution in [1.29, 1.82) is 0 Å². The first-order valence-corrected chi connectivity index (χ1v) is 5.12. The van der Waals surface area contributed by atoms with Crippen LogP contribution in [0.2, 0.25) is 0 Å². The summed E-state index contributed by atoms with van der Waals surface area (Å²) in [4.78, 5) is 0. The van der Waals surface area contributed by atoms with Gasteiger partial charge < -0.3 is 0 Å². The Morgan fingerprint density at radius 3 is 2.45 bits per heavy atom. The zero-order valence-corrected chi connectivity index (χ0v) is 7.81. The zero-order valence-electron chi connectivity index (χ0n) is 7.81. The van der Waals surface area contributed by atoms with Gasteiger partial charge in [-0.05, 0) is 18.3 Å². The fourth-order valence-corrected chi connectivity index (χ4v) is 2.11. The lowest BCUT2D eigenvalue weighted by atomic mass is 9.83. The third kappa shape index (κ3) is 3.27. The van der Waals surface area contributed by atoms with Crippen LogP contribution in [0.25, 0.3) is 0 Å². The van der Waals surface area contributed by atoms with Gasteiger partial charge in [0.05, 0.1) is 0 Å². The van der Waals surface area contributed by atoms with Gasteiger partial charge in [0.25, 0.3) is 0 Å². The molecule has 0 N–H and O–H groups in total. The van der Waals surface area contributed by atoms with Crippen molar-refractivity contribution in [3.8, 4) is 0 Å². The number of hydrogen-bond acceptors (Lipinski definition) is 0. The lowest BCUT2D eigenvalue weighted by Crippen LogP contribution is -2.09. The van der Waals surface area contributed by atoms with Crippen molar-refractivity contribution in [2.45, 2.75) is 51.9 Å². The standard InChI is InChI=1S/C11H21/c1-3-10(2)9-11-7-5-4-6-8-11/h10-11H,1,3-9H2,2H3.